The van der Waals surface area contributed by atoms with E-state index >= 15 is 0 Å². The molecule has 0 spiro atoms. The monoisotopic (exact) mass is 2240 g/mol. The minimum atomic E-state index is -6.76. The normalized spacial score (nSPS) is 28.5. The van der Waals surface area contributed by atoms with Crippen LogP contribution in [-0.4, -0.2) is 342 Å². The molecule has 0 aliphatic carbocycles. The van der Waals surface area contributed by atoms with E-state index in [1.165, 1.54) is 51.0 Å². The number of ether oxygens (including phenoxy) is 16. The van der Waals surface area contributed by atoms with Crippen molar-refractivity contribution in [2.75, 3.05) is 25.6 Å². The van der Waals surface area contributed by atoms with E-state index in [9.17, 15) is 167 Å². The van der Waals surface area contributed by atoms with Gasteiger partial charge in [0.1, 0.15) is 91.5 Å². The summed E-state index contributed by atoms with van der Waals surface area (Å²) in [6, 6.07) is -9.19. The summed E-state index contributed by atoms with van der Waals surface area (Å²) in [4.78, 5) is 121. The Labute approximate surface area is 1030 Å². The van der Waals surface area contributed by atoms with E-state index < -0.39 is 372 Å². The molecule has 60 nitrogen and oxygen atoms in total. The first-order valence-corrected chi connectivity index (χ1v) is 47.5. The largest absolute Gasteiger partial charge is 1.00 e. The number of carbonyl (C=O) groups is 9. The van der Waals surface area contributed by atoms with Gasteiger partial charge in [-0.1, -0.05) is 41.5 Å². The van der Waals surface area contributed by atoms with Crippen molar-refractivity contribution in [1.82, 2.24) is 14.2 Å². The molecule has 5 aliphatic heterocycles. The van der Waals surface area contributed by atoms with Gasteiger partial charge < -0.3 is 147 Å². The molecule has 0 unspecified atom stereocenters. The van der Waals surface area contributed by atoms with Crippen molar-refractivity contribution in [3.63, 3.8) is 0 Å². The Hall–Kier alpha value is 4.37. The quantitative estimate of drug-likeness (QED) is 0.00836. The minimum absolute atomic E-state index is 0. The van der Waals surface area contributed by atoms with Crippen LogP contribution in [0.2, 0.25) is 0 Å². The Morgan fingerprint density at radius 3 is 0.891 bits per heavy atom. The Kier molecular flexibility index (Phi) is 78.8. The van der Waals surface area contributed by atoms with Gasteiger partial charge in [-0.25, -0.2) is 81.5 Å². The molecule has 5 rings (SSSR count). The Bertz CT molecular complexity index is 4840. The molecule has 0 saturated carbocycles. The SMILES string of the molecule is CCCC(=O)OC/C(=C\C(=O)[O-])O[C@H]1O[C@H](COS(=O)(=O)[O-])[C@@H](O[C@@H]2O[C@@H](C(=O)[O-])[C@@H](O[C@H]3O[C@H](COS(=O)(=O)[O-])[C@@H](O[C@@H]4O[C@@H](C(=O)[O-])[C@@H](O[C@H]5O[C@H](CS(=O)(=O)[O-])[C@@H](O)[C@H](OC(=O)CCC)[C@H]5NS(=O)(=O)[O-])[C@H](OC(=O)CCC)[C@H]4OS(=O)(=O)[O-])[C@H](OC(=O)CCC)[C@H]3NS(=O)(=O)[O-])[C@H](OC(=O)CCC)[C@H]2OS(=O)(=O)[O-])[C@H](OC(=O)CCC)[C@H]1NS(=O)(=O)[O-].[Na+].[Na+].[Na+].[Na+].[Na+].[Na+].[Na+].[Na+].[Na+].[Na+].[Na+]. The molecule has 137 heavy (non-hydrogen) atoms. The van der Waals surface area contributed by atoms with E-state index in [0.717, 1.165) is 4.72 Å². The third-order valence-electron chi connectivity index (χ3n) is 17.0. The van der Waals surface area contributed by atoms with Crippen molar-refractivity contribution in [1.29, 1.82) is 0 Å². The number of aliphatic carboxylic acids is 3. The van der Waals surface area contributed by atoms with Crippen LogP contribution in [0.3, 0.4) is 0 Å². The molecule has 0 bridgehead atoms. The number of aliphatic hydroxyl groups is 1. The van der Waals surface area contributed by atoms with Gasteiger partial charge in [0.25, 0.3) is 0 Å². The fraction of sp³-hybridized carbons (Fsp3) is 0.810. The predicted octanol–water partition coefficient (Wildman–Crippen LogP) is -45.9. The van der Waals surface area contributed by atoms with Gasteiger partial charge in [0.2, 0.25) is 47.9 Å². The summed E-state index contributed by atoms with van der Waals surface area (Å²) >= 11 is 0. The van der Waals surface area contributed by atoms with Crippen LogP contribution < -0.4 is 355 Å². The Balaban J connectivity index is -0.00000307. The Morgan fingerprint density at radius 1 is 0.328 bits per heavy atom. The van der Waals surface area contributed by atoms with Crippen LogP contribution in [-0.2, 0) is 218 Å². The van der Waals surface area contributed by atoms with E-state index in [1.807, 2.05) is 0 Å². The predicted molar refractivity (Wildman–Crippen MR) is 368 cm³/mol. The van der Waals surface area contributed by atoms with E-state index in [4.69, 9.17) is 75.8 Å². The molecule has 0 radical (unpaired) electrons. The molecular weight excluding hydrogens is 2160 g/mol. The number of carbonyl (C=O) groups excluding carboxylic acids is 9. The van der Waals surface area contributed by atoms with Gasteiger partial charge in [0, 0.05) is 44.6 Å². The second-order valence-corrected chi connectivity index (χ2v) is 35.8. The minimum Gasteiger partial charge on any atom is -0.748 e. The number of nitrogens with one attached hydrogen (secondary N) is 3. The van der Waals surface area contributed by atoms with E-state index in [2.05, 4.69) is 16.7 Å². The third-order valence-corrected chi connectivity index (χ3v) is 21.2. The van der Waals surface area contributed by atoms with Crippen LogP contribution in [0.15, 0.2) is 11.8 Å². The molecule has 5 fully saturated rings. The molecule has 0 aromatic carbocycles. The maximum absolute atomic E-state index is 14.1. The third kappa shape index (κ3) is 54.8. The van der Waals surface area contributed by atoms with Gasteiger partial charge >= 0.3 is 361 Å². The second kappa shape index (κ2) is 70.0. The van der Waals surface area contributed by atoms with E-state index in [-0.39, 0.29) is 357 Å². The molecule has 25 atom stereocenters. The van der Waals surface area contributed by atoms with Crippen molar-refractivity contribution in [2.45, 2.75) is 272 Å². The first kappa shape index (κ1) is 154. The number of carboxylic acid groups (broad SMARTS) is 3. The van der Waals surface area contributed by atoms with Gasteiger partial charge in [-0.05, 0) is 38.5 Å². The summed E-state index contributed by atoms with van der Waals surface area (Å²) in [5, 5.41) is 50.9. The maximum atomic E-state index is 14.1. The molecule has 4 N–H and O–H groups in total. The average molecular weight is 2240 g/mol. The zero-order chi connectivity index (χ0) is 95.5. The molecule has 0 amide bonds. The fourth-order valence-corrected chi connectivity index (χ4v) is 16.3. The molecule has 5 saturated heterocycles. The molecule has 5 aliphatic rings. The van der Waals surface area contributed by atoms with Gasteiger partial charge in [-0.15, -0.1) is 0 Å². The fourth-order valence-electron chi connectivity index (χ4n) is 12.4. The topological polar surface area (TPSA) is 921 Å². The van der Waals surface area contributed by atoms with Crippen molar-refractivity contribution < 1.29 is 585 Å². The van der Waals surface area contributed by atoms with E-state index in [0.29, 0.717) is 0 Å². The van der Waals surface area contributed by atoms with Crippen LogP contribution in [0.4, 0.5) is 0 Å². The maximum Gasteiger partial charge on any atom is 1.00 e. The van der Waals surface area contributed by atoms with Crippen LogP contribution in [0.25, 0.3) is 0 Å². The van der Waals surface area contributed by atoms with Crippen LogP contribution in [0.5, 0.6) is 0 Å². The number of hydrogen-bond acceptors (Lipinski definition) is 57. The van der Waals surface area contributed by atoms with E-state index in [1.54, 1.807) is 0 Å². The standard InChI is InChI=1S/C58H91N3O57S8.11Na/c1-7-13-29(64)99-20-24(19-28(62)63)102-54-36(60-121(81,82)83)42(107-31(66)15-9-3)39(25(103-54)21-100-123(87,88)89)111-57-51(118-126(96,97)98)47(110-34(69)18-12-6)45(49(116-57)53(73)74)114-56-37(61-122(84,85)86)43(108-32(67)16-10-4)40(26(104-56)22-101-124(90,91)92)112-58-50(117-125(93,94)95)46(109-33(68)17-11-5)44(48(115-58)52(71)72)113-55-35(59-120(78,79)80)41(106-30(65)14-8-2)38(70)27(105-55)23-119(75,76)77;;;;;;;;;;;/h19,25-27,35-51,54-61,70H,7-18,20-23H2,1-6H3,(H,62,63)(H,71,72)(H,73,74)(H,75,76,77)(H,78,79,80)(H,81,82,83)(H,84,85,86)(H,87,88,89)(H,90,91,92)(H,93,94,95)(H,96,97,98);;;;;;;;;;;/q;11*+1/p-11/b24-19+;;;;;;;;;;;/t25-,26-,27-,35-,36-,37-,38-,39-,40-,41-,42-,43-,44+,45+,46+,47+,48-,49-,50-,51-,54+,55-,56-,57-,58-;;;;;;;;;;;/m1.........../s1. The number of esters is 6. The van der Waals surface area contributed by atoms with Crippen LogP contribution in [0.1, 0.15) is 119 Å². The first-order chi connectivity index (χ1) is 58.0. The summed E-state index contributed by atoms with van der Waals surface area (Å²) < 4.78 is 415. The molecule has 5 heterocycles. The number of hydrogen-bond donors (Lipinski definition) is 4. The molecule has 0 aromatic heterocycles. The zero-order valence-electron chi connectivity index (χ0n) is 76.4. The zero-order valence-corrected chi connectivity index (χ0v) is 105. The Morgan fingerprint density at radius 2 is 0.606 bits per heavy atom. The number of rotatable bonds is 50. The molecule has 79 heteroatoms. The summed E-state index contributed by atoms with van der Waals surface area (Å²) in [5.41, 5.74) is 0. The van der Waals surface area contributed by atoms with Gasteiger partial charge in [0.05, 0.1) is 47.0 Å². The summed E-state index contributed by atoms with van der Waals surface area (Å²) in [6.45, 7) is 2.07. The summed E-state index contributed by atoms with van der Waals surface area (Å²) in [7, 11) is -50.7. The molecule has 0 aromatic rings. The van der Waals surface area contributed by atoms with Gasteiger partial charge in [-0.2, -0.15) is 0 Å². The summed E-state index contributed by atoms with van der Waals surface area (Å²) in [6.07, 6.45) is -77.2. The van der Waals surface area contributed by atoms with Crippen molar-refractivity contribution in [3.8, 4) is 0 Å². The van der Waals surface area contributed by atoms with Crippen LogP contribution in [0, 0.1) is 0 Å². The van der Waals surface area contributed by atoms with Crippen molar-refractivity contribution >= 4 is 136 Å². The molecule has 728 valence electrons. The van der Waals surface area contributed by atoms with Gasteiger partial charge in [-0.3, -0.25) is 45.5 Å². The number of aliphatic hydroxyl groups excluding tert-OH is 1. The second-order valence-electron chi connectivity index (χ2n) is 26.8. The summed E-state index contributed by atoms with van der Waals surface area (Å²) in [5.74, 6) is -20.6. The van der Waals surface area contributed by atoms with Crippen LogP contribution >= 0.6 is 0 Å². The number of carboxylic acids is 3. The van der Waals surface area contributed by atoms with Crippen molar-refractivity contribution in [2.24, 2.45) is 0 Å². The molecular formula is C58H80N3Na11O57S8. The average Bonchev–Trinajstić information content (AvgIpc) is 0.747. The smallest absolute Gasteiger partial charge is 0.748 e. The van der Waals surface area contributed by atoms with Crippen molar-refractivity contribution in [3.05, 3.63) is 11.8 Å². The first-order valence-electron chi connectivity index (χ1n) is 36.3. The van der Waals surface area contributed by atoms with Gasteiger partial charge in [0.15, 0.2) is 98.8 Å².